The van der Waals surface area contributed by atoms with Crippen LogP contribution in [0.1, 0.15) is 6.42 Å². The van der Waals surface area contributed by atoms with E-state index in [4.69, 9.17) is 15.9 Å². The zero-order valence-corrected chi connectivity index (χ0v) is 7.01. The Hall–Kier alpha value is -1.96. The van der Waals surface area contributed by atoms with Gasteiger partial charge in [0.2, 0.25) is 5.91 Å². The molecule has 0 aromatic rings. The first-order chi connectivity index (χ1) is 6.43. The van der Waals surface area contributed by atoms with E-state index in [-0.39, 0.29) is 0 Å². The van der Waals surface area contributed by atoms with E-state index in [9.17, 15) is 14.4 Å². The Bertz CT molecular complexity index is 275. The summed E-state index contributed by atoms with van der Waals surface area (Å²) in [7, 11) is 0. The van der Waals surface area contributed by atoms with E-state index >= 15 is 0 Å². The minimum Gasteiger partial charge on any atom is -0.480 e. The van der Waals surface area contributed by atoms with Crippen LogP contribution in [0, 0.1) is 0 Å². The fraction of sp³-hybridized carbons (Fsp3) is 0.333. The lowest BCUT2D eigenvalue weighted by Crippen LogP contribution is -2.36. The molecule has 0 aromatic heterocycles. The van der Waals surface area contributed by atoms with E-state index in [1.165, 1.54) is 0 Å². The summed E-state index contributed by atoms with van der Waals surface area (Å²) in [6.07, 6.45) is -1.26. The molecule has 8 heteroatoms. The van der Waals surface area contributed by atoms with Gasteiger partial charge < -0.3 is 21.3 Å². The third-order valence-electron chi connectivity index (χ3n) is 1.12. The van der Waals surface area contributed by atoms with Gasteiger partial charge in [-0.3, -0.25) is 9.59 Å². The number of aliphatic carboxylic acids is 1. The van der Waals surface area contributed by atoms with E-state index in [1.807, 2.05) is 5.32 Å². The molecule has 0 spiro atoms. The van der Waals surface area contributed by atoms with Crippen molar-refractivity contribution in [2.24, 2.45) is 10.7 Å². The van der Waals surface area contributed by atoms with Crippen molar-refractivity contribution in [2.45, 2.75) is 12.5 Å². The maximum atomic E-state index is 10.8. The second-order valence-electron chi connectivity index (χ2n) is 2.26. The Morgan fingerprint density at radius 2 is 2.00 bits per heavy atom. The molecule has 1 unspecified atom stereocenters. The van der Waals surface area contributed by atoms with Crippen LogP contribution in [0.3, 0.4) is 0 Å². The monoisotopic (exact) mass is 203 g/mol. The first kappa shape index (κ1) is 12.0. The number of nitrogens with two attached hydrogens (primary N) is 1. The molecule has 0 heterocycles. The van der Waals surface area contributed by atoms with Crippen molar-refractivity contribution in [3.05, 3.63) is 0 Å². The molecule has 0 aromatic carbocycles. The number of carbonyl (C=O) groups excluding carboxylic acids is 1. The molecule has 0 rings (SSSR count). The summed E-state index contributed by atoms with van der Waals surface area (Å²) in [4.78, 5) is 33.6. The predicted octanol–water partition coefficient (Wildman–Crippen LogP) is -1.39. The van der Waals surface area contributed by atoms with E-state index in [1.54, 1.807) is 0 Å². The summed E-state index contributed by atoms with van der Waals surface area (Å²) >= 11 is 0. The maximum absolute atomic E-state index is 10.8. The van der Waals surface area contributed by atoms with Crippen molar-refractivity contribution in [1.29, 1.82) is 0 Å². The number of hydrogen-bond acceptors (Lipinski definition) is 4. The van der Waals surface area contributed by atoms with Gasteiger partial charge in [-0.15, -0.1) is 0 Å². The van der Waals surface area contributed by atoms with E-state index < -0.39 is 30.4 Å². The highest BCUT2D eigenvalue weighted by atomic mass is 16.4. The molecular weight excluding hydrogens is 194 g/mol. The molecule has 0 aliphatic rings. The molecule has 14 heavy (non-hydrogen) atoms. The number of nitrogens with zero attached hydrogens (tertiary/aromatic N) is 1. The fourth-order valence-electron chi connectivity index (χ4n) is 0.505. The van der Waals surface area contributed by atoms with E-state index in [0.29, 0.717) is 6.34 Å². The van der Waals surface area contributed by atoms with Gasteiger partial charge in [-0.05, 0) is 0 Å². The number of carboxylic acid groups (broad SMARTS) is 2. The highest BCUT2D eigenvalue weighted by Gasteiger charge is 2.15. The van der Waals surface area contributed by atoms with Crippen molar-refractivity contribution < 1.29 is 24.6 Å². The van der Waals surface area contributed by atoms with E-state index in [0.717, 1.165) is 0 Å². The molecule has 8 nitrogen and oxygen atoms in total. The van der Waals surface area contributed by atoms with Crippen molar-refractivity contribution >= 4 is 24.3 Å². The topological polar surface area (TPSA) is 142 Å². The maximum Gasteiger partial charge on any atom is 0.432 e. The smallest absolute Gasteiger partial charge is 0.432 e. The molecule has 0 saturated carbocycles. The van der Waals surface area contributed by atoms with Crippen LogP contribution >= 0.6 is 0 Å². The van der Waals surface area contributed by atoms with Crippen LogP contribution in [0.5, 0.6) is 0 Å². The van der Waals surface area contributed by atoms with Gasteiger partial charge in [-0.25, -0.2) is 4.79 Å². The van der Waals surface area contributed by atoms with Crippen LogP contribution in [0.25, 0.3) is 0 Å². The fourth-order valence-corrected chi connectivity index (χ4v) is 0.505. The van der Waals surface area contributed by atoms with Crippen LogP contribution in [-0.2, 0) is 9.59 Å². The number of hydrogen-bond donors (Lipinski definition) is 4. The van der Waals surface area contributed by atoms with Crippen LogP contribution in [0.4, 0.5) is 4.79 Å². The minimum absolute atomic E-state index is 0.443. The number of rotatable bonds is 4. The number of carbonyl (C=O) groups is 3. The second kappa shape index (κ2) is 5.65. The van der Waals surface area contributed by atoms with Gasteiger partial charge in [0.25, 0.3) is 0 Å². The molecular formula is C6H9N3O5. The normalized spacial score (nSPS) is 12.4. The minimum atomic E-state index is -1.46. The van der Waals surface area contributed by atoms with Crippen molar-refractivity contribution in [3.63, 3.8) is 0 Å². The lowest BCUT2D eigenvalue weighted by molar-refractivity contribution is -0.140. The Morgan fingerprint density at radius 3 is 2.43 bits per heavy atom. The summed E-state index contributed by atoms with van der Waals surface area (Å²) in [5, 5.41) is 18.3. The van der Waals surface area contributed by atoms with Gasteiger partial charge in [-0.1, -0.05) is 0 Å². The van der Waals surface area contributed by atoms with E-state index in [2.05, 4.69) is 4.99 Å². The lowest BCUT2D eigenvalue weighted by atomic mass is 10.2. The number of amides is 2. The van der Waals surface area contributed by atoms with Gasteiger partial charge >= 0.3 is 12.1 Å². The highest BCUT2D eigenvalue weighted by molar-refractivity contribution is 5.93. The zero-order chi connectivity index (χ0) is 11.1. The Kier molecular flexibility index (Phi) is 4.86. The summed E-state index contributed by atoms with van der Waals surface area (Å²) in [5.41, 5.74) is 5.03. The van der Waals surface area contributed by atoms with Crippen LogP contribution in [-0.4, -0.2) is 40.6 Å². The van der Waals surface area contributed by atoms with Crippen molar-refractivity contribution in [3.8, 4) is 0 Å². The third kappa shape index (κ3) is 5.66. The van der Waals surface area contributed by atoms with Gasteiger partial charge in [0.1, 0.15) is 12.4 Å². The predicted molar refractivity (Wildman–Crippen MR) is 44.9 cm³/mol. The van der Waals surface area contributed by atoms with Gasteiger partial charge in [-0.2, -0.15) is 4.99 Å². The Labute approximate surface area is 78.4 Å². The second-order valence-corrected chi connectivity index (χ2v) is 2.26. The van der Waals surface area contributed by atoms with Crippen LogP contribution < -0.4 is 11.1 Å². The standard InChI is InChI=1S/C6H9N3O5/c7-3(5(11)12)1-4(10)8-2-9-6(13)14/h2-3H,1,7H2,(H,11,12)(H,13,14)(H,8,9,10). The average molecular weight is 203 g/mol. The highest BCUT2D eigenvalue weighted by Crippen LogP contribution is 1.86. The Balaban J connectivity index is 3.88. The van der Waals surface area contributed by atoms with Gasteiger partial charge in [0.15, 0.2) is 0 Å². The van der Waals surface area contributed by atoms with Gasteiger partial charge in [0.05, 0.1) is 6.42 Å². The quantitative estimate of drug-likeness (QED) is 0.327. The molecule has 5 N–H and O–H groups in total. The summed E-state index contributed by atoms with van der Waals surface area (Å²) in [6, 6.07) is -1.31. The molecule has 0 saturated heterocycles. The molecule has 0 aliphatic heterocycles. The molecule has 0 bridgehead atoms. The third-order valence-corrected chi connectivity index (χ3v) is 1.12. The molecule has 0 radical (unpaired) electrons. The molecule has 78 valence electrons. The summed E-state index contributed by atoms with van der Waals surface area (Å²) < 4.78 is 0. The Morgan fingerprint density at radius 1 is 1.43 bits per heavy atom. The molecule has 0 aliphatic carbocycles. The van der Waals surface area contributed by atoms with Crippen molar-refractivity contribution in [1.82, 2.24) is 5.32 Å². The number of carboxylic acids is 1. The zero-order valence-electron chi connectivity index (χ0n) is 7.01. The number of aliphatic imine (C=N–C) groups is 1. The lowest BCUT2D eigenvalue weighted by Gasteiger charge is -2.03. The average Bonchev–Trinajstić information content (AvgIpc) is 2.02. The first-order valence-corrected chi connectivity index (χ1v) is 3.46. The van der Waals surface area contributed by atoms with Crippen LogP contribution in [0.2, 0.25) is 0 Å². The molecule has 2 amide bonds. The summed E-state index contributed by atoms with van der Waals surface area (Å²) in [6.45, 7) is 0. The first-order valence-electron chi connectivity index (χ1n) is 3.46. The van der Waals surface area contributed by atoms with Crippen LogP contribution in [0.15, 0.2) is 4.99 Å². The van der Waals surface area contributed by atoms with Gasteiger partial charge in [0, 0.05) is 0 Å². The largest absolute Gasteiger partial charge is 0.480 e. The molecule has 0 fully saturated rings. The summed E-state index contributed by atoms with van der Waals surface area (Å²) in [5.74, 6) is -2.03. The molecule has 1 atom stereocenters. The SMILES string of the molecule is NC(CC(=O)NC=NC(=O)O)C(=O)O. The number of nitrogens with one attached hydrogen (secondary N) is 1. The van der Waals surface area contributed by atoms with Crippen molar-refractivity contribution in [2.75, 3.05) is 0 Å².